The van der Waals surface area contributed by atoms with Crippen molar-refractivity contribution in [3.05, 3.63) is 29.6 Å². The Labute approximate surface area is 124 Å². The van der Waals surface area contributed by atoms with Gasteiger partial charge in [0.05, 0.1) is 13.2 Å². The maximum atomic E-state index is 14.2. The Morgan fingerprint density at radius 3 is 2.24 bits per heavy atom. The normalized spacial score (nSPS) is 11.3. The summed E-state index contributed by atoms with van der Waals surface area (Å²) in [6, 6.07) is 2.75. The van der Waals surface area contributed by atoms with Crippen LogP contribution in [0.4, 0.5) is 4.39 Å². The highest BCUT2D eigenvalue weighted by atomic mass is 19.1. The van der Waals surface area contributed by atoms with Gasteiger partial charge in [-0.1, -0.05) is 13.3 Å². The molecule has 1 aromatic rings. The predicted octanol–water partition coefficient (Wildman–Crippen LogP) is 3.89. The van der Waals surface area contributed by atoms with E-state index in [1.165, 1.54) is 12.1 Å². The number of rotatable bonds is 8. The first kappa shape index (κ1) is 17.0. The highest BCUT2D eigenvalue weighted by Crippen LogP contribution is 2.34. The number of benzene rings is 1. The van der Waals surface area contributed by atoms with Crippen LogP contribution in [0.25, 0.3) is 5.57 Å². The van der Waals surface area contributed by atoms with Crippen LogP contribution in [0.15, 0.2) is 18.2 Å². The largest absolute Gasteiger partial charge is 0.490 e. The Hall–Kier alpha value is -2.04. The van der Waals surface area contributed by atoms with Gasteiger partial charge < -0.3 is 14.6 Å². The average molecular weight is 296 g/mol. The third kappa shape index (κ3) is 4.77. The molecule has 21 heavy (non-hydrogen) atoms. The number of aliphatic carboxylic acids is 1. The first-order valence-electron chi connectivity index (χ1n) is 7.06. The smallest absolute Gasteiger partial charge is 0.328 e. The van der Waals surface area contributed by atoms with E-state index in [0.29, 0.717) is 36.7 Å². The van der Waals surface area contributed by atoms with Gasteiger partial charge in [0.2, 0.25) is 0 Å². The van der Waals surface area contributed by atoms with E-state index in [0.717, 1.165) is 12.5 Å². The zero-order chi connectivity index (χ0) is 15.8. The highest BCUT2D eigenvalue weighted by molar-refractivity contribution is 5.90. The molecule has 0 radical (unpaired) electrons. The minimum atomic E-state index is -1.09. The van der Waals surface area contributed by atoms with Crippen molar-refractivity contribution in [2.45, 2.75) is 33.6 Å². The summed E-state index contributed by atoms with van der Waals surface area (Å²) < 4.78 is 25.0. The zero-order valence-corrected chi connectivity index (χ0v) is 12.6. The fraction of sp³-hybridized carbons (Fsp3) is 0.438. The molecule has 5 heteroatoms. The molecule has 0 aliphatic carbocycles. The molecule has 0 bridgehead atoms. The maximum absolute atomic E-state index is 14.2. The van der Waals surface area contributed by atoms with E-state index in [-0.39, 0.29) is 5.56 Å². The lowest BCUT2D eigenvalue weighted by Gasteiger charge is -2.15. The molecule has 0 aliphatic heterocycles. The summed E-state index contributed by atoms with van der Waals surface area (Å²) in [7, 11) is 0. The van der Waals surface area contributed by atoms with Gasteiger partial charge in [0, 0.05) is 17.7 Å². The van der Waals surface area contributed by atoms with Crippen LogP contribution in [-0.4, -0.2) is 24.3 Å². The molecule has 0 fully saturated rings. The highest BCUT2D eigenvalue weighted by Gasteiger charge is 2.15. The summed E-state index contributed by atoms with van der Waals surface area (Å²) >= 11 is 0. The lowest BCUT2D eigenvalue weighted by atomic mass is 9.99. The Kier molecular flexibility index (Phi) is 6.72. The number of ether oxygens (including phenoxy) is 2. The quantitative estimate of drug-likeness (QED) is 0.739. The van der Waals surface area contributed by atoms with Gasteiger partial charge in [-0.3, -0.25) is 0 Å². The van der Waals surface area contributed by atoms with Crippen molar-refractivity contribution in [1.82, 2.24) is 0 Å². The first-order chi connectivity index (χ1) is 10.0. The van der Waals surface area contributed by atoms with Crippen molar-refractivity contribution in [3.8, 4) is 11.5 Å². The Morgan fingerprint density at radius 2 is 1.76 bits per heavy atom. The van der Waals surface area contributed by atoms with Gasteiger partial charge in [0.15, 0.2) is 11.5 Å². The van der Waals surface area contributed by atoms with E-state index in [2.05, 4.69) is 0 Å². The SMILES string of the molecule is CCC/C(=C\C(=O)O)c1cc(OCC)c(OCC)cc1F. The van der Waals surface area contributed by atoms with Crippen LogP contribution in [0.1, 0.15) is 39.2 Å². The zero-order valence-electron chi connectivity index (χ0n) is 12.6. The van der Waals surface area contributed by atoms with E-state index < -0.39 is 11.8 Å². The van der Waals surface area contributed by atoms with Gasteiger partial charge in [-0.2, -0.15) is 0 Å². The number of hydrogen-bond donors (Lipinski definition) is 1. The maximum Gasteiger partial charge on any atom is 0.328 e. The molecule has 0 aliphatic rings. The number of carbonyl (C=O) groups is 1. The Bertz CT molecular complexity index is 523. The number of carboxylic acid groups (broad SMARTS) is 1. The van der Waals surface area contributed by atoms with Gasteiger partial charge in [0.1, 0.15) is 5.82 Å². The number of hydrogen-bond acceptors (Lipinski definition) is 3. The van der Waals surface area contributed by atoms with Crippen LogP contribution < -0.4 is 9.47 Å². The van der Waals surface area contributed by atoms with Gasteiger partial charge >= 0.3 is 5.97 Å². The third-order valence-electron chi connectivity index (χ3n) is 2.80. The van der Waals surface area contributed by atoms with Crippen LogP contribution in [0.3, 0.4) is 0 Å². The minimum absolute atomic E-state index is 0.242. The van der Waals surface area contributed by atoms with Crippen molar-refractivity contribution in [2.75, 3.05) is 13.2 Å². The monoisotopic (exact) mass is 296 g/mol. The molecule has 0 atom stereocenters. The fourth-order valence-corrected chi connectivity index (χ4v) is 2.02. The van der Waals surface area contributed by atoms with Gasteiger partial charge in [-0.05, 0) is 31.9 Å². The molecule has 0 saturated heterocycles. The second-order valence-electron chi connectivity index (χ2n) is 4.40. The summed E-state index contributed by atoms with van der Waals surface area (Å²) in [5, 5.41) is 8.92. The van der Waals surface area contributed by atoms with Crippen LogP contribution in [0.2, 0.25) is 0 Å². The van der Waals surface area contributed by atoms with Crippen LogP contribution in [0, 0.1) is 5.82 Å². The van der Waals surface area contributed by atoms with E-state index in [1.807, 2.05) is 13.8 Å². The molecule has 0 spiro atoms. The van der Waals surface area contributed by atoms with Crippen LogP contribution in [-0.2, 0) is 4.79 Å². The minimum Gasteiger partial charge on any atom is -0.490 e. The van der Waals surface area contributed by atoms with Crippen molar-refractivity contribution >= 4 is 11.5 Å². The molecule has 1 rings (SSSR count). The molecule has 0 unspecified atom stereocenters. The molecule has 0 aromatic heterocycles. The van der Waals surface area contributed by atoms with E-state index >= 15 is 0 Å². The van der Waals surface area contributed by atoms with Gasteiger partial charge in [0.25, 0.3) is 0 Å². The van der Waals surface area contributed by atoms with Crippen molar-refractivity contribution in [3.63, 3.8) is 0 Å². The topological polar surface area (TPSA) is 55.8 Å². The van der Waals surface area contributed by atoms with Gasteiger partial charge in [-0.15, -0.1) is 0 Å². The summed E-state index contributed by atoms with van der Waals surface area (Å²) in [6.45, 7) is 6.33. The average Bonchev–Trinajstić information content (AvgIpc) is 2.41. The third-order valence-corrected chi connectivity index (χ3v) is 2.80. The van der Waals surface area contributed by atoms with Crippen molar-refractivity contribution in [2.24, 2.45) is 0 Å². The molecule has 0 amide bonds. The fourth-order valence-electron chi connectivity index (χ4n) is 2.02. The van der Waals surface area contributed by atoms with Gasteiger partial charge in [-0.25, -0.2) is 9.18 Å². The number of allylic oxidation sites excluding steroid dienone is 1. The molecular weight excluding hydrogens is 275 g/mol. The molecule has 0 heterocycles. The number of halogens is 1. The summed E-state index contributed by atoms with van der Waals surface area (Å²) in [4.78, 5) is 10.9. The van der Waals surface area contributed by atoms with Crippen LogP contribution in [0.5, 0.6) is 11.5 Å². The molecule has 1 aromatic carbocycles. The molecule has 4 nitrogen and oxygen atoms in total. The second kappa shape index (κ2) is 8.29. The molecular formula is C16H21FO4. The first-order valence-corrected chi connectivity index (χ1v) is 7.06. The van der Waals surface area contributed by atoms with Crippen molar-refractivity contribution < 1.29 is 23.8 Å². The van der Waals surface area contributed by atoms with E-state index in [9.17, 15) is 9.18 Å². The second-order valence-corrected chi connectivity index (χ2v) is 4.40. The van der Waals surface area contributed by atoms with Crippen LogP contribution >= 0.6 is 0 Å². The summed E-state index contributed by atoms with van der Waals surface area (Å²) in [5.41, 5.74) is 0.678. The summed E-state index contributed by atoms with van der Waals surface area (Å²) in [5.74, 6) is -0.859. The van der Waals surface area contributed by atoms with E-state index in [1.54, 1.807) is 6.92 Å². The Morgan fingerprint density at radius 1 is 1.19 bits per heavy atom. The molecule has 116 valence electrons. The molecule has 1 N–H and O–H groups in total. The Balaban J connectivity index is 3.33. The number of carboxylic acids is 1. The standard InChI is InChI=1S/C16H21FO4/c1-4-7-11(8-16(18)19)12-9-14(20-5-2)15(21-6-3)10-13(12)17/h8-10H,4-7H2,1-3H3,(H,18,19)/b11-8+. The summed E-state index contributed by atoms with van der Waals surface area (Å²) in [6.07, 6.45) is 2.23. The lowest BCUT2D eigenvalue weighted by molar-refractivity contribution is -0.131. The predicted molar refractivity (Wildman–Crippen MR) is 79.3 cm³/mol. The molecule has 0 saturated carbocycles. The van der Waals surface area contributed by atoms with E-state index in [4.69, 9.17) is 14.6 Å². The lowest BCUT2D eigenvalue weighted by Crippen LogP contribution is -2.02. The van der Waals surface area contributed by atoms with Crippen molar-refractivity contribution in [1.29, 1.82) is 0 Å².